The molecular formula is C17H21NO2. The van der Waals surface area contributed by atoms with E-state index in [9.17, 15) is 9.90 Å². The average molecular weight is 271 g/mol. The largest absolute Gasteiger partial charge is 0.508 e. The van der Waals surface area contributed by atoms with Gasteiger partial charge in [0.05, 0.1) is 0 Å². The number of fused-ring (bicyclic) bond motifs is 2. The van der Waals surface area contributed by atoms with Crippen LogP contribution in [0.1, 0.15) is 33.6 Å². The lowest BCUT2D eigenvalue weighted by Crippen LogP contribution is -2.32. The number of aromatic hydroxyl groups is 1. The molecule has 0 aromatic heterocycles. The highest BCUT2D eigenvalue weighted by Gasteiger charge is 2.63. The van der Waals surface area contributed by atoms with Crippen LogP contribution >= 0.6 is 0 Å². The molecule has 2 fully saturated rings. The molecule has 2 aliphatic carbocycles. The van der Waals surface area contributed by atoms with Crippen molar-refractivity contribution in [2.45, 2.75) is 33.6 Å². The zero-order chi connectivity index (χ0) is 14.5. The van der Waals surface area contributed by atoms with Gasteiger partial charge in [-0.1, -0.05) is 20.8 Å². The number of nitrogens with one attached hydrogen (secondary N) is 1. The van der Waals surface area contributed by atoms with Crippen LogP contribution in [0.3, 0.4) is 0 Å². The number of anilines is 1. The van der Waals surface area contributed by atoms with E-state index in [0.29, 0.717) is 11.7 Å². The highest BCUT2D eigenvalue weighted by Crippen LogP contribution is 2.65. The first kappa shape index (κ1) is 13.2. The van der Waals surface area contributed by atoms with E-state index in [4.69, 9.17) is 0 Å². The SMILES string of the molecule is CC1(C)C2CC[C@]1(C)C(=O)C2=CNc1ccc(O)cc1. The van der Waals surface area contributed by atoms with Gasteiger partial charge in [0.2, 0.25) is 0 Å². The quantitative estimate of drug-likeness (QED) is 0.636. The van der Waals surface area contributed by atoms with Gasteiger partial charge in [0.15, 0.2) is 5.78 Å². The molecular weight excluding hydrogens is 250 g/mol. The Morgan fingerprint density at radius 1 is 1.25 bits per heavy atom. The summed E-state index contributed by atoms with van der Waals surface area (Å²) in [5.74, 6) is 0.891. The van der Waals surface area contributed by atoms with Crippen molar-refractivity contribution < 1.29 is 9.90 Å². The predicted molar refractivity (Wildman–Crippen MR) is 79.4 cm³/mol. The summed E-state index contributed by atoms with van der Waals surface area (Å²) in [6, 6.07) is 6.87. The molecule has 0 heterocycles. The zero-order valence-corrected chi connectivity index (χ0v) is 12.2. The molecule has 3 rings (SSSR count). The van der Waals surface area contributed by atoms with Crippen molar-refractivity contribution in [1.29, 1.82) is 0 Å². The van der Waals surface area contributed by atoms with Gasteiger partial charge in [-0.05, 0) is 48.4 Å². The molecule has 2 bridgehead atoms. The van der Waals surface area contributed by atoms with E-state index in [1.165, 1.54) is 0 Å². The molecule has 2 aliphatic rings. The van der Waals surface area contributed by atoms with Gasteiger partial charge in [-0.15, -0.1) is 0 Å². The molecule has 106 valence electrons. The van der Waals surface area contributed by atoms with E-state index < -0.39 is 0 Å². The number of hydrogen-bond acceptors (Lipinski definition) is 3. The molecule has 2 atom stereocenters. The highest BCUT2D eigenvalue weighted by molar-refractivity contribution is 6.04. The highest BCUT2D eigenvalue weighted by atomic mass is 16.3. The second kappa shape index (κ2) is 4.11. The maximum absolute atomic E-state index is 12.6. The van der Waals surface area contributed by atoms with Crippen LogP contribution in [0.15, 0.2) is 36.0 Å². The van der Waals surface area contributed by atoms with Crippen LogP contribution in [0.4, 0.5) is 5.69 Å². The number of ketones is 1. The zero-order valence-electron chi connectivity index (χ0n) is 12.2. The number of hydrogen-bond donors (Lipinski definition) is 2. The monoisotopic (exact) mass is 271 g/mol. The van der Waals surface area contributed by atoms with E-state index in [2.05, 4.69) is 26.1 Å². The summed E-state index contributed by atoms with van der Waals surface area (Å²) < 4.78 is 0. The standard InChI is InChI=1S/C17H21NO2/c1-16(2)14-8-9-17(16,3)15(20)13(14)10-18-11-4-6-12(19)7-5-11/h4-7,10,14,18-19H,8-9H2,1-3H3/t14?,17-/m1/s1. The van der Waals surface area contributed by atoms with Crippen molar-refractivity contribution in [2.75, 3.05) is 5.32 Å². The van der Waals surface area contributed by atoms with Crippen LogP contribution in [0.5, 0.6) is 5.75 Å². The van der Waals surface area contributed by atoms with E-state index in [1.807, 2.05) is 6.20 Å². The molecule has 20 heavy (non-hydrogen) atoms. The Balaban J connectivity index is 1.87. The summed E-state index contributed by atoms with van der Waals surface area (Å²) in [4.78, 5) is 12.6. The third-order valence-electron chi connectivity index (χ3n) is 5.63. The smallest absolute Gasteiger partial charge is 0.167 e. The van der Waals surface area contributed by atoms with Crippen LogP contribution in [-0.2, 0) is 4.79 Å². The van der Waals surface area contributed by atoms with E-state index in [-0.39, 0.29) is 16.6 Å². The molecule has 2 N–H and O–H groups in total. The second-order valence-electron chi connectivity index (χ2n) is 6.77. The summed E-state index contributed by atoms with van der Waals surface area (Å²) in [7, 11) is 0. The van der Waals surface area contributed by atoms with E-state index in [1.54, 1.807) is 24.3 Å². The molecule has 0 aliphatic heterocycles. The van der Waals surface area contributed by atoms with Crippen LogP contribution < -0.4 is 5.32 Å². The lowest BCUT2D eigenvalue weighted by molar-refractivity contribution is -0.125. The number of carbonyl (C=O) groups excluding carboxylic acids is 1. The fraction of sp³-hybridized carbons (Fsp3) is 0.471. The lowest BCUT2D eigenvalue weighted by Gasteiger charge is -2.31. The topological polar surface area (TPSA) is 49.3 Å². The minimum absolute atomic E-state index is 0.0482. The van der Waals surface area contributed by atoms with Gasteiger partial charge in [-0.3, -0.25) is 4.79 Å². The molecule has 1 unspecified atom stereocenters. The molecule has 0 radical (unpaired) electrons. The van der Waals surface area contributed by atoms with Crippen molar-refractivity contribution >= 4 is 11.5 Å². The van der Waals surface area contributed by atoms with Gasteiger partial charge in [-0.25, -0.2) is 0 Å². The third-order valence-corrected chi connectivity index (χ3v) is 5.63. The van der Waals surface area contributed by atoms with Crippen molar-refractivity contribution in [1.82, 2.24) is 0 Å². The van der Waals surface area contributed by atoms with Gasteiger partial charge in [0.1, 0.15) is 5.75 Å². The minimum atomic E-state index is -0.208. The predicted octanol–water partition coefficient (Wildman–Crippen LogP) is 3.71. The Hall–Kier alpha value is -1.77. The fourth-order valence-corrected chi connectivity index (χ4v) is 3.81. The Labute approximate surface area is 119 Å². The average Bonchev–Trinajstić information content (AvgIpc) is 2.71. The van der Waals surface area contributed by atoms with Gasteiger partial charge in [-0.2, -0.15) is 0 Å². The Bertz CT molecular complexity index is 586. The van der Waals surface area contributed by atoms with E-state index in [0.717, 1.165) is 24.1 Å². The van der Waals surface area contributed by atoms with Crippen LogP contribution in [-0.4, -0.2) is 10.9 Å². The first-order valence-corrected chi connectivity index (χ1v) is 7.17. The Kier molecular flexibility index (Phi) is 2.72. The van der Waals surface area contributed by atoms with Crippen molar-refractivity contribution in [3.63, 3.8) is 0 Å². The molecule has 1 aromatic carbocycles. The first-order valence-electron chi connectivity index (χ1n) is 7.17. The van der Waals surface area contributed by atoms with Crippen LogP contribution in [0.2, 0.25) is 0 Å². The summed E-state index contributed by atoms with van der Waals surface area (Å²) >= 11 is 0. The molecule has 3 heteroatoms. The minimum Gasteiger partial charge on any atom is -0.508 e. The van der Waals surface area contributed by atoms with Crippen molar-refractivity contribution in [3.8, 4) is 5.75 Å². The Morgan fingerprint density at radius 2 is 1.90 bits per heavy atom. The van der Waals surface area contributed by atoms with Crippen LogP contribution in [0, 0.1) is 16.7 Å². The molecule has 0 spiro atoms. The number of phenols is 1. The fourth-order valence-electron chi connectivity index (χ4n) is 3.81. The van der Waals surface area contributed by atoms with Gasteiger partial charge < -0.3 is 10.4 Å². The molecule has 1 aromatic rings. The maximum atomic E-state index is 12.6. The number of carbonyl (C=O) groups is 1. The van der Waals surface area contributed by atoms with Gasteiger partial charge in [0.25, 0.3) is 0 Å². The molecule has 0 amide bonds. The summed E-state index contributed by atoms with van der Waals surface area (Å²) in [5.41, 5.74) is 1.65. The van der Waals surface area contributed by atoms with E-state index >= 15 is 0 Å². The normalized spacial score (nSPS) is 32.9. The molecule has 3 nitrogen and oxygen atoms in total. The second-order valence-corrected chi connectivity index (χ2v) is 6.77. The number of benzene rings is 1. The number of allylic oxidation sites excluding steroid dienone is 1. The summed E-state index contributed by atoms with van der Waals surface area (Å²) in [6.45, 7) is 6.53. The van der Waals surface area contributed by atoms with Crippen LogP contribution in [0.25, 0.3) is 0 Å². The van der Waals surface area contributed by atoms with Crippen molar-refractivity contribution in [2.24, 2.45) is 16.7 Å². The Morgan fingerprint density at radius 3 is 2.45 bits per heavy atom. The summed E-state index contributed by atoms with van der Waals surface area (Å²) in [5, 5.41) is 12.5. The summed E-state index contributed by atoms with van der Waals surface area (Å²) in [6.07, 6.45) is 3.96. The third kappa shape index (κ3) is 1.62. The molecule has 2 saturated carbocycles. The van der Waals surface area contributed by atoms with Gasteiger partial charge >= 0.3 is 0 Å². The first-order chi connectivity index (χ1) is 9.36. The number of Topliss-reactive ketones (excluding diaryl/α,β-unsaturated/α-hetero) is 1. The lowest BCUT2D eigenvalue weighted by atomic mass is 9.70. The number of rotatable bonds is 2. The van der Waals surface area contributed by atoms with Crippen molar-refractivity contribution in [3.05, 3.63) is 36.0 Å². The maximum Gasteiger partial charge on any atom is 0.167 e. The van der Waals surface area contributed by atoms with Gasteiger partial charge in [0, 0.05) is 22.9 Å². The number of phenolic OH excluding ortho intramolecular Hbond substituents is 1. The molecule has 0 saturated heterocycles.